The molecular weight excluding hydrogens is 242 g/mol. The number of anilines is 1. The second-order valence-electron chi connectivity index (χ2n) is 3.46. The molecule has 0 aliphatic rings. The molecule has 0 aliphatic heterocycles. The topological polar surface area (TPSA) is 29.1 Å². The smallest absolute Gasteiger partial charge is 0.234 e. The minimum absolute atomic E-state index is 0.0448. The number of benzene rings is 1. The Morgan fingerprint density at radius 1 is 1.38 bits per heavy atom. The fourth-order valence-electron chi connectivity index (χ4n) is 1.14. The van der Waals surface area contributed by atoms with Crippen LogP contribution >= 0.6 is 23.4 Å². The van der Waals surface area contributed by atoms with Gasteiger partial charge in [-0.3, -0.25) is 4.79 Å². The van der Waals surface area contributed by atoms with Crippen LogP contribution in [0.5, 0.6) is 0 Å². The second-order valence-corrected chi connectivity index (χ2v) is 5.00. The molecule has 2 nitrogen and oxygen atoms in total. The van der Waals surface area contributed by atoms with E-state index in [9.17, 15) is 4.79 Å². The lowest BCUT2D eigenvalue weighted by Gasteiger charge is -2.04. The number of unbranched alkanes of at least 4 members (excludes halogenated alkanes) is 1. The summed E-state index contributed by atoms with van der Waals surface area (Å²) >= 11 is 7.42. The van der Waals surface area contributed by atoms with E-state index < -0.39 is 0 Å². The molecule has 0 saturated heterocycles. The Bertz CT molecular complexity index is 326. The predicted molar refractivity (Wildman–Crippen MR) is 72.3 cm³/mol. The molecule has 0 atom stereocenters. The molecule has 0 fully saturated rings. The van der Waals surface area contributed by atoms with Crippen molar-refractivity contribution in [1.82, 2.24) is 0 Å². The lowest BCUT2D eigenvalue weighted by molar-refractivity contribution is -0.113. The molecule has 1 N–H and O–H groups in total. The number of thioether (sulfide) groups is 1. The van der Waals surface area contributed by atoms with Crippen molar-refractivity contribution in [2.24, 2.45) is 0 Å². The third kappa shape index (κ3) is 5.42. The van der Waals surface area contributed by atoms with Gasteiger partial charge in [0.1, 0.15) is 0 Å². The summed E-state index contributed by atoms with van der Waals surface area (Å²) in [6.45, 7) is 2.15. The first kappa shape index (κ1) is 13.4. The molecule has 0 bridgehead atoms. The third-order valence-corrected chi connectivity index (χ3v) is 3.30. The summed E-state index contributed by atoms with van der Waals surface area (Å²) in [5.41, 5.74) is 0.797. The van der Waals surface area contributed by atoms with Crippen molar-refractivity contribution in [3.05, 3.63) is 29.3 Å². The average molecular weight is 258 g/mol. The molecule has 0 radical (unpaired) electrons. The van der Waals surface area contributed by atoms with Gasteiger partial charge in [-0.2, -0.15) is 11.8 Å². The summed E-state index contributed by atoms with van der Waals surface area (Å²) in [5, 5.41) is 3.50. The van der Waals surface area contributed by atoms with E-state index in [-0.39, 0.29) is 5.91 Å². The standard InChI is InChI=1S/C12H16ClNOS/c1-2-3-8-16-9-12(15)14-11-6-4-10(13)5-7-11/h4-7H,2-3,8-9H2,1H3,(H,14,15). The van der Waals surface area contributed by atoms with Gasteiger partial charge in [-0.05, 0) is 36.4 Å². The first-order valence-electron chi connectivity index (χ1n) is 5.35. The molecule has 0 unspecified atom stereocenters. The zero-order valence-electron chi connectivity index (χ0n) is 9.33. The van der Waals surface area contributed by atoms with Crippen molar-refractivity contribution < 1.29 is 4.79 Å². The minimum atomic E-state index is 0.0448. The molecule has 0 heterocycles. The fraction of sp³-hybridized carbons (Fsp3) is 0.417. The number of hydrogen-bond donors (Lipinski definition) is 1. The largest absolute Gasteiger partial charge is 0.325 e. The van der Waals surface area contributed by atoms with Gasteiger partial charge in [0.15, 0.2) is 0 Å². The molecule has 1 amide bonds. The summed E-state index contributed by atoms with van der Waals surface area (Å²) in [6, 6.07) is 7.14. The van der Waals surface area contributed by atoms with Crippen LogP contribution in [-0.4, -0.2) is 17.4 Å². The van der Waals surface area contributed by atoms with Crippen molar-refractivity contribution in [1.29, 1.82) is 0 Å². The Morgan fingerprint density at radius 3 is 2.69 bits per heavy atom. The van der Waals surface area contributed by atoms with Crippen LogP contribution < -0.4 is 5.32 Å². The zero-order chi connectivity index (χ0) is 11.8. The van der Waals surface area contributed by atoms with Crippen LogP contribution in [0.15, 0.2) is 24.3 Å². The van der Waals surface area contributed by atoms with Gasteiger partial charge in [0.05, 0.1) is 5.75 Å². The predicted octanol–water partition coefficient (Wildman–Crippen LogP) is 3.81. The van der Waals surface area contributed by atoms with Crippen molar-refractivity contribution in [3.8, 4) is 0 Å². The minimum Gasteiger partial charge on any atom is -0.325 e. The van der Waals surface area contributed by atoms with Gasteiger partial charge in [0.25, 0.3) is 0 Å². The number of halogens is 1. The molecule has 88 valence electrons. The average Bonchev–Trinajstić information content (AvgIpc) is 2.28. The summed E-state index contributed by atoms with van der Waals surface area (Å²) < 4.78 is 0. The Kier molecular flexibility index (Phi) is 6.34. The van der Waals surface area contributed by atoms with E-state index in [1.807, 2.05) is 0 Å². The van der Waals surface area contributed by atoms with Crippen LogP contribution in [0.4, 0.5) is 5.69 Å². The summed E-state index contributed by atoms with van der Waals surface area (Å²) in [7, 11) is 0. The monoisotopic (exact) mass is 257 g/mol. The van der Waals surface area contributed by atoms with E-state index in [4.69, 9.17) is 11.6 Å². The first-order valence-corrected chi connectivity index (χ1v) is 6.89. The number of amides is 1. The van der Waals surface area contributed by atoms with Gasteiger partial charge >= 0.3 is 0 Å². The summed E-state index contributed by atoms with van der Waals surface area (Å²) in [6.07, 6.45) is 2.34. The van der Waals surface area contributed by atoms with E-state index in [0.717, 1.165) is 11.4 Å². The number of carbonyl (C=O) groups excluding carboxylic acids is 1. The van der Waals surface area contributed by atoms with Crippen LogP contribution in [0.3, 0.4) is 0 Å². The molecule has 0 aliphatic carbocycles. The molecule has 16 heavy (non-hydrogen) atoms. The Hall–Kier alpha value is -0.670. The first-order chi connectivity index (χ1) is 7.72. The fourth-order valence-corrected chi connectivity index (χ4v) is 2.16. The number of rotatable bonds is 6. The maximum Gasteiger partial charge on any atom is 0.234 e. The third-order valence-electron chi connectivity index (χ3n) is 2.00. The number of carbonyl (C=O) groups is 1. The summed E-state index contributed by atoms with van der Waals surface area (Å²) in [5.74, 6) is 1.61. The second kappa shape index (κ2) is 7.58. The normalized spacial score (nSPS) is 10.1. The lowest BCUT2D eigenvalue weighted by Crippen LogP contribution is -2.14. The maximum atomic E-state index is 11.5. The van der Waals surface area contributed by atoms with Crippen LogP contribution in [0.25, 0.3) is 0 Å². The Labute approximate surface area is 106 Å². The van der Waals surface area contributed by atoms with E-state index in [0.29, 0.717) is 10.8 Å². The zero-order valence-corrected chi connectivity index (χ0v) is 10.9. The highest BCUT2D eigenvalue weighted by molar-refractivity contribution is 7.99. The van der Waals surface area contributed by atoms with E-state index >= 15 is 0 Å². The van der Waals surface area contributed by atoms with E-state index in [2.05, 4.69) is 12.2 Å². The summed E-state index contributed by atoms with van der Waals surface area (Å²) in [4.78, 5) is 11.5. The highest BCUT2D eigenvalue weighted by Gasteiger charge is 2.01. The van der Waals surface area contributed by atoms with Crippen LogP contribution in [-0.2, 0) is 4.79 Å². The molecular formula is C12H16ClNOS. The SMILES string of the molecule is CCCCSCC(=O)Nc1ccc(Cl)cc1. The highest BCUT2D eigenvalue weighted by atomic mass is 35.5. The lowest BCUT2D eigenvalue weighted by atomic mass is 10.3. The van der Waals surface area contributed by atoms with Crippen molar-refractivity contribution >= 4 is 35.0 Å². The highest BCUT2D eigenvalue weighted by Crippen LogP contribution is 2.14. The van der Waals surface area contributed by atoms with Gasteiger partial charge in [0.2, 0.25) is 5.91 Å². The number of hydrogen-bond acceptors (Lipinski definition) is 2. The van der Waals surface area contributed by atoms with E-state index in [1.165, 1.54) is 12.8 Å². The van der Waals surface area contributed by atoms with Crippen molar-refractivity contribution in [2.75, 3.05) is 16.8 Å². The van der Waals surface area contributed by atoms with Crippen molar-refractivity contribution in [2.45, 2.75) is 19.8 Å². The molecule has 1 aromatic rings. The van der Waals surface area contributed by atoms with Gasteiger partial charge in [-0.15, -0.1) is 0 Å². The molecule has 4 heteroatoms. The number of nitrogens with one attached hydrogen (secondary N) is 1. The molecule has 0 spiro atoms. The van der Waals surface area contributed by atoms with Gasteiger partial charge < -0.3 is 5.32 Å². The molecule has 0 aromatic heterocycles. The van der Waals surface area contributed by atoms with Crippen LogP contribution in [0.1, 0.15) is 19.8 Å². The van der Waals surface area contributed by atoms with Crippen LogP contribution in [0, 0.1) is 0 Å². The molecule has 1 rings (SSSR count). The Balaban J connectivity index is 2.26. The molecule has 0 saturated carbocycles. The van der Waals surface area contributed by atoms with E-state index in [1.54, 1.807) is 36.0 Å². The van der Waals surface area contributed by atoms with Gasteiger partial charge in [-0.1, -0.05) is 24.9 Å². The molecule has 1 aromatic carbocycles. The Morgan fingerprint density at radius 2 is 2.06 bits per heavy atom. The van der Waals surface area contributed by atoms with Gasteiger partial charge in [-0.25, -0.2) is 0 Å². The van der Waals surface area contributed by atoms with Crippen LogP contribution in [0.2, 0.25) is 5.02 Å². The quantitative estimate of drug-likeness (QED) is 0.785. The van der Waals surface area contributed by atoms with Crippen molar-refractivity contribution in [3.63, 3.8) is 0 Å². The van der Waals surface area contributed by atoms with Gasteiger partial charge in [0, 0.05) is 10.7 Å². The maximum absolute atomic E-state index is 11.5.